The van der Waals surface area contributed by atoms with Crippen LogP contribution in [0.3, 0.4) is 0 Å². The molecular weight excluding hydrogens is 278 g/mol. The molecule has 1 fully saturated rings. The van der Waals surface area contributed by atoms with E-state index in [2.05, 4.69) is 11.9 Å². The summed E-state index contributed by atoms with van der Waals surface area (Å²) in [6.45, 7) is 5.70. The van der Waals surface area contributed by atoms with Crippen molar-refractivity contribution in [2.75, 3.05) is 33.3 Å². The highest BCUT2D eigenvalue weighted by molar-refractivity contribution is 5.78. The lowest BCUT2D eigenvalue weighted by Crippen LogP contribution is -2.46. The van der Waals surface area contributed by atoms with Gasteiger partial charge in [-0.25, -0.2) is 0 Å². The van der Waals surface area contributed by atoms with Crippen molar-refractivity contribution >= 4 is 5.91 Å². The Labute approximate surface area is 133 Å². The molecule has 5 heteroatoms. The monoisotopic (exact) mass is 305 g/mol. The maximum atomic E-state index is 12.4. The van der Waals surface area contributed by atoms with Crippen molar-refractivity contribution in [1.29, 1.82) is 0 Å². The molecule has 1 amide bonds. The first-order valence-corrected chi connectivity index (χ1v) is 8.16. The van der Waals surface area contributed by atoms with E-state index in [4.69, 9.17) is 4.74 Å². The van der Waals surface area contributed by atoms with Crippen LogP contribution in [0, 0.1) is 0 Å². The van der Waals surface area contributed by atoms with Crippen molar-refractivity contribution in [1.82, 2.24) is 14.8 Å². The normalized spacial score (nSPS) is 18.7. The van der Waals surface area contributed by atoms with Gasteiger partial charge in [0.1, 0.15) is 0 Å². The molecule has 0 aromatic carbocycles. The summed E-state index contributed by atoms with van der Waals surface area (Å²) in [5.41, 5.74) is 1.17. The molecule has 122 valence electrons. The van der Waals surface area contributed by atoms with Crippen LogP contribution in [0.2, 0.25) is 0 Å². The summed E-state index contributed by atoms with van der Waals surface area (Å²) in [6, 6.07) is 3.97. The minimum absolute atomic E-state index is 0.196. The van der Waals surface area contributed by atoms with E-state index in [0.717, 1.165) is 45.5 Å². The highest BCUT2D eigenvalue weighted by Crippen LogP contribution is 2.14. The first-order valence-electron chi connectivity index (χ1n) is 8.16. The number of aromatic nitrogens is 1. The van der Waals surface area contributed by atoms with Crippen LogP contribution in [0.4, 0.5) is 0 Å². The van der Waals surface area contributed by atoms with E-state index in [1.54, 1.807) is 12.4 Å². The van der Waals surface area contributed by atoms with Crippen LogP contribution < -0.4 is 0 Å². The molecule has 1 aliphatic heterocycles. The second-order valence-corrected chi connectivity index (χ2v) is 6.00. The SMILES string of the molecule is CCCO[C@H]1CCCN(C(=O)CN(C)Cc2ccncc2)C1. The van der Waals surface area contributed by atoms with Crippen molar-refractivity contribution in [2.24, 2.45) is 0 Å². The fraction of sp³-hybridized carbons (Fsp3) is 0.647. The third kappa shape index (κ3) is 5.39. The van der Waals surface area contributed by atoms with Gasteiger partial charge in [0.2, 0.25) is 5.91 Å². The largest absolute Gasteiger partial charge is 0.376 e. The number of carbonyl (C=O) groups is 1. The Morgan fingerprint density at radius 3 is 2.95 bits per heavy atom. The second kappa shape index (κ2) is 8.86. The van der Waals surface area contributed by atoms with Gasteiger partial charge in [0.05, 0.1) is 12.6 Å². The molecule has 0 unspecified atom stereocenters. The highest BCUT2D eigenvalue weighted by Gasteiger charge is 2.24. The maximum absolute atomic E-state index is 12.4. The molecule has 5 nitrogen and oxygen atoms in total. The number of pyridine rings is 1. The summed E-state index contributed by atoms with van der Waals surface area (Å²) >= 11 is 0. The van der Waals surface area contributed by atoms with Gasteiger partial charge in [0.15, 0.2) is 0 Å². The van der Waals surface area contributed by atoms with E-state index in [1.165, 1.54) is 5.56 Å². The fourth-order valence-electron chi connectivity index (χ4n) is 2.77. The molecule has 1 aliphatic rings. The average molecular weight is 305 g/mol. The van der Waals surface area contributed by atoms with Gasteiger partial charge < -0.3 is 9.64 Å². The number of hydrogen-bond acceptors (Lipinski definition) is 4. The Balaban J connectivity index is 1.78. The standard InChI is InChI=1S/C17H27N3O2/c1-3-11-22-16-5-4-10-20(13-16)17(21)14-19(2)12-15-6-8-18-9-7-15/h6-9,16H,3-5,10-14H2,1-2H3/t16-/m0/s1. The molecule has 1 atom stereocenters. The van der Waals surface area contributed by atoms with Crippen molar-refractivity contribution in [3.63, 3.8) is 0 Å². The zero-order valence-corrected chi connectivity index (χ0v) is 13.7. The van der Waals surface area contributed by atoms with Gasteiger partial charge in [-0.1, -0.05) is 6.92 Å². The first-order chi connectivity index (χ1) is 10.7. The van der Waals surface area contributed by atoms with E-state index in [9.17, 15) is 4.79 Å². The molecular formula is C17H27N3O2. The zero-order chi connectivity index (χ0) is 15.8. The highest BCUT2D eigenvalue weighted by atomic mass is 16.5. The van der Waals surface area contributed by atoms with E-state index in [-0.39, 0.29) is 12.0 Å². The smallest absolute Gasteiger partial charge is 0.236 e. The third-order valence-corrected chi connectivity index (χ3v) is 3.90. The van der Waals surface area contributed by atoms with Crippen molar-refractivity contribution < 1.29 is 9.53 Å². The lowest BCUT2D eigenvalue weighted by molar-refractivity contribution is -0.136. The van der Waals surface area contributed by atoms with Gasteiger partial charge in [-0.2, -0.15) is 0 Å². The predicted octanol–water partition coefficient (Wildman–Crippen LogP) is 1.93. The minimum Gasteiger partial charge on any atom is -0.376 e. The van der Waals surface area contributed by atoms with Crippen LogP contribution in [-0.4, -0.2) is 60.1 Å². The summed E-state index contributed by atoms with van der Waals surface area (Å²) in [5.74, 6) is 0.196. The topological polar surface area (TPSA) is 45.7 Å². The molecule has 2 heterocycles. The molecule has 0 aliphatic carbocycles. The molecule has 1 aromatic heterocycles. The van der Waals surface area contributed by atoms with E-state index < -0.39 is 0 Å². The average Bonchev–Trinajstić information content (AvgIpc) is 2.54. The number of carbonyl (C=O) groups excluding carboxylic acids is 1. The summed E-state index contributed by atoms with van der Waals surface area (Å²) in [7, 11) is 1.98. The van der Waals surface area contributed by atoms with E-state index in [0.29, 0.717) is 6.54 Å². The molecule has 1 saturated heterocycles. The summed E-state index contributed by atoms with van der Waals surface area (Å²) < 4.78 is 5.80. The fourth-order valence-corrected chi connectivity index (χ4v) is 2.77. The first kappa shape index (κ1) is 16.9. The van der Waals surface area contributed by atoms with E-state index in [1.807, 2.05) is 29.0 Å². The molecule has 22 heavy (non-hydrogen) atoms. The van der Waals surface area contributed by atoms with Crippen molar-refractivity contribution in [3.8, 4) is 0 Å². The zero-order valence-electron chi connectivity index (χ0n) is 13.7. The van der Waals surface area contributed by atoms with Gasteiger partial charge in [0, 0.05) is 38.6 Å². The lowest BCUT2D eigenvalue weighted by Gasteiger charge is -2.33. The number of ether oxygens (including phenoxy) is 1. The Hall–Kier alpha value is -1.46. The van der Waals surface area contributed by atoms with Crippen LogP contribution in [0.15, 0.2) is 24.5 Å². The van der Waals surface area contributed by atoms with Gasteiger partial charge in [-0.15, -0.1) is 0 Å². The molecule has 0 N–H and O–H groups in total. The summed E-state index contributed by atoms with van der Waals surface area (Å²) in [5, 5.41) is 0. The molecule has 0 spiro atoms. The molecule has 0 bridgehead atoms. The van der Waals surface area contributed by atoms with Gasteiger partial charge in [0.25, 0.3) is 0 Å². The number of hydrogen-bond donors (Lipinski definition) is 0. The van der Waals surface area contributed by atoms with Crippen LogP contribution in [-0.2, 0) is 16.1 Å². The number of rotatable bonds is 7. The number of likely N-dealkylation sites (N-methyl/N-ethyl adjacent to an activating group) is 1. The predicted molar refractivity (Wildman–Crippen MR) is 86.4 cm³/mol. The molecule has 2 rings (SSSR count). The summed E-state index contributed by atoms with van der Waals surface area (Å²) in [4.78, 5) is 20.4. The van der Waals surface area contributed by atoms with Crippen molar-refractivity contribution in [3.05, 3.63) is 30.1 Å². The van der Waals surface area contributed by atoms with Crippen molar-refractivity contribution in [2.45, 2.75) is 38.8 Å². The van der Waals surface area contributed by atoms with Crippen LogP contribution >= 0.6 is 0 Å². The Morgan fingerprint density at radius 1 is 1.45 bits per heavy atom. The second-order valence-electron chi connectivity index (χ2n) is 6.00. The number of likely N-dealkylation sites (tertiary alicyclic amines) is 1. The molecule has 1 aromatic rings. The van der Waals surface area contributed by atoms with Gasteiger partial charge >= 0.3 is 0 Å². The van der Waals surface area contributed by atoms with Crippen LogP contribution in [0.1, 0.15) is 31.7 Å². The Morgan fingerprint density at radius 2 is 2.23 bits per heavy atom. The maximum Gasteiger partial charge on any atom is 0.236 e. The quantitative estimate of drug-likeness (QED) is 0.772. The molecule has 0 radical (unpaired) electrons. The third-order valence-electron chi connectivity index (χ3n) is 3.90. The van der Waals surface area contributed by atoms with Gasteiger partial charge in [-0.3, -0.25) is 14.7 Å². The number of piperidine rings is 1. The summed E-state index contributed by atoms with van der Waals surface area (Å²) in [6.07, 6.45) is 6.91. The van der Waals surface area contributed by atoms with E-state index >= 15 is 0 Å². The number of amides is 1. The number of nitrogens with zero attached hydrogens (tertiary/aromatic N) is 3. The molecule has 0 saturated carbocycles. The minimum atomic E-state index is 0.196. The van der Waals surface area contributed by atoms with Crippen LogP contribution in [0.5, 0.6) is 0 Å². The van der Waals surface area contributed by atoms with Gasteiger partial charge in [-0.05, 0) is 44.0 Å². The Kier molecular flexibility index (Phi) is 6.80. The Bertz CT molecular complexity index is 452. The van der Waals surface area contributed by atoms with Crippen LogP contribution in [0.25, 0.3) is 0 Å². The lowest BCUT2D eigenvalue weighted by atomic mass is 10.1.